The lowest BCUT2D eigenvalue weighted by molar-refractivity contribution is -0.150. The van der Waals surface area contributed by atoms with Gasteiger partial charge in [0.2, 0.25) is 11.7 Å². The number of carboxylic acids is 1. The standard InChI is InChI=1S/C15H19N3O3/c1-9(2)15(4,14(19)20)8-12-17-13(18-21-12)11-7-5-6-10(3)16-11/h5-7,9H,8H2,1-4H3,(H,19,20). The van der Waals surface area contributed by atoms with Crippen molar-refractivity contribution in [2.45, 2.75) is 34.1 Å². The molecule has 1 atom stereocenters. The van der Waals surface area contributed by atoms with Crippen LogP contribution in [0.2, 0.25) is 0 Å². The molecule has 0 radical (unpaired) electrons. The first-order valence-corrected chi connectivity index (χ1v) is 6.83. The van der Waals surface area contributed by atoms with Crippen molar-refractivity contribution in [3.8, 4) is 11.5 Å². The summed E-state index contributed by atoms with van der Waals surface area (Å²) in [5.41, 5.74) is 0.534. The molecule has 0 aliphatic heterocycles. The summed E-state index contributed by atoms with van der Waals surface area (Å²) in [6.45, 7) is 7.31. The minimum Gasteiger partial charge on any atom is -0.481 e. The topological polar surface area (TPSA) is 89.1 Å². The van der Waals surface area contributed by atoms with Gasteiger partial charge in [0, 0.05) is 12.1 Å². The van der Waals surface area contributed by atoms with Crippen molar-refractivity contribution in [2.75, 3.05) is 0 Å². The van der Waals surface area contributed by atoms with Gasteiger partial charge in [0.25, 0.3) is 0 Å². The lowest BCUT2D eigenvalue weighted by Crippen LogP contribution is -2.35. The van der Waals surface area contributed by atoms with Crippen LogP contribution in [-0.4, -0.2) is 26.2 Å². The van der Waals surface area contributed by atoms with E-state index in [0.717, 1.165) is 5.69 Å². The van der Waals surface area contributed by atoms with E-state index in [1.54, 1.807) is 13.0 Å². The summed E-state index contributed by atoms with van der Waals surface area (Å²) in [5, 5.41) is 13.3. The van der Waals surface area contributed by atoms with E-state index in [-0.39, 0.29) is 12.3 Å². The normalized spacial score (nSPS) is 14.1. The van der Waals surface area contributed by atoms with Gasteiger partial charge in [0.05, 0.1) is 5.41 Å². The van der Waals surface area contributed by atoms with E-state index < -0.39 is 11.4 Å². The van der Waals surface area contributed by atoms with Gasteiger partial charge in [-0.05, 0) is 31.9 Å². The lowest BCUT2D eigenvalue weighted by atomic mass is 9.76. The Hall–Kier alpha value is -2.24. The van der Waals surface area contributed by atoms with Gasteiger partial charge in [-0.15, -0.1) is 0 Å². The van der Waals surface area contributed by atoms with Gasteiger partial charge in [-0.25, -0.2) is 4.98 Å². The van der Waals surface area contributed by atoms with Crippen molar-refractivity contribution in [3.05, 3.63) is 29.8 Å². The molecule has 0 amide bonds. The van der Waals surface area contributed by atoms with Gasteiger partial charge >= 0.3 is 5.97 Å². The van der Waals surface area contributed by atoms with Crippen molar-refractivity contribution >= 4 is 5.97 Å². The van der Waals surface area contributed by atoms with Crippen LogP contribution in [0, 0.1) is 18.3 Å². The number of rotatable bonds is 5. The lowest BCUT2D eigenvalue weighted by Gasteiger charge is -2.27. The molecule has 1 unspecified atom stereocenters. The molecule has 2 aromatic rings. The second kappa shape index (κ2) is 5.63. The molecule has 0 fully saturated rings. The predicted molar refractivity (Wildman–Crippen MR) is 76.6 cm³/mol. The molecular formula is C15H19N3O3. The first kappa shape index (κ1) is 15.2. The molecule has 0 saturated heterocycles. The van der Waals surface area contributed by atoms with E-state index >= 15 is 0 Å². The van der Waals surface area contributed by atoms with Crippen molar-refractivity contribution in [2.24, 2.45) is 11.3 Å². The molecule has 0 aliphatic carbocycles. The summed E-state index contributed by atoms with van der Waals surface area (Å²) < 4.78 is 5.19. The summed E-state index contributed by atoms with van der Waals surface area (Å²) in [6, 6.07) is 5.54. The first-order chi connectivity index (χ1) is 9.83. The second-order valence-electron chi connectivity index (χ2n) is 5.73. The van der Waals surface area contributed by atoms with E-state index in [1.165, 1.54) is 0 Å². The highest BCUT2D eigenvalue weighted by molar-refractivity contribution is 5.74. The zero-order valence-corrected chi connectivity index (χ0v) is 12.6. The Morgan fingerprint density at radius 3 is 2.67 bits per heavy atom. The maximum Gasteiger partial charge on any atom is 0.310 e. The zero-order chi connectivity index (χ0) is 15.6. The number of hydrogen-bond acceptors (Lipinski definition) is 5. The number of aryl methyl sites for hydroxylation is 1. The van der Waals surface area contributed by atoms with Crippen LogP contribution in [0.25, 0.3) is 11.5 Å². The number of hydrogen-bond donors (Lipinski definition) is 1. The van der Waals surface area contributed by atoms with E-state index in [1.807, 2.05) is 32.9 Å². The van der Waals surface area contributed by atoms with Crippen LogP contribution in [0.15, 0.2) is 22.7 Å². The molecule has 0 spiro atoms. The molecular weight excluding hydrogens is 270 g/mol. The number of carboxylic acid groups (broad SMARTS) is 1. The molecule has 1 N–H and O–H groups in total. The molecule has 112 valence electrons. The van der Waals surface area contributed by atoms with E-state index in [0.29, 0.717) is 17.4 Å². The fourth-order valence-corrected chi connectivity index (χ4v) is 1.94. The molecule has 0 aromatic carbocycles. The van der Waals surface area contributed by atoms with Crippen LogP contribution in [0.3, 0.4) is 0 Å². The smallest absolute Gasteiger partial charge is 0.310 e. The molecule has 0 bridgehead atoms. The zero-order valence-electron chi connectivity index (χ0n) is 12.6. The van der Waals surface area contributed by atoms with Crippen molar-refractivity contribution in [1.82, 2.24) is 15.1 Å². The monoisotopic (exact) mass is 289 g/mol. The number of pyridine rings is 1. The van der Waals surface area contributed by atoms with Crippen LogP contribution >= 0.6 is 0 Å². The van der Waals surface area contributed by atoms with Crippen molar-refractivity contribution in [3.63, 3.8) is 0 Å². The highest BCUT2D eigenvalue weighted by Gasteiger charge is 2.38. The second-order valence-corrected chi connectivity index (χ2v) is 5.73. The maximum absolute atomic E-state index is 11.5. The minimum absolute atomic E-state index is 0.0533. The quantitative estimate of drug-likeness (QED) is 0.910. The van der Waals surface area contributed by atoms with Gasteiger partial charge in [0.1, 0.15) is 5.69 Å². The molecule has 2 aromatic heterocycles. The summed E-state index contributed by atoms with van der Waals surface area (Å²) in [7, 11) is 0. The maximum atomic E-state index is 11.5. The van der Waals surface area contributed by atoms with Crippen LogP contribution in [-0.2, 0) is 11.2 Å². The fourth-order valence-electron chi connectivity index (χ4n) is 1.94. The Morgan fingerprint density at radius 2 is 2.10 bits per heavy atom. The minimum atomic E-state index is -0.941. The number of aliphatic carboxylic acids is 1. The summed E-state index contributed by atoms with van der Waals surface area (Å²) >= 11 is 0. The molecule has 2 heterocycles. The van der Waals surface area contributed by atoms with Gasteiger partial charge in [-0.2, -0.15) is 4.98 Å². The van der Waals surface area contributed by atoms with Crippen molar-refractivity contribution < 1.29 is 14.4 Å². The average Bonchev–Trinajstić information content (AvgIpc) is 2.86. The number of nitrogens with zero attached hydrogens (tertiary/aromatic N) is 3. The third-order valence-corrected chi connectivity index (χ3v) is 3.87. The van der Waals surface area contributed by atoms with E-state index in [2.05, 4.69) is 15.1 Å². The van der Waals surface area contributed by atoms with Crippen LogP contribution < -0.4 is 0 Å². The third-order valence-electron chi connectivity index (χ3n) is 3.87. The van der Waals surface area contributed by atoms with Gasteiger partial charge in [-0.1, -0.05) is 25.1 Å². The first-order valence-electron chi connectivity index (χ1n) is 6.83. The van der Waals surface area contributed by atoms with Crippen molar-refractivity contribution in [1.29, 1.82) is 0 Å². The highest BCUT2D eigenvalue weighted by Crippen LogP contribution is 2.31. The Kier molecular flexibility index (Phi) is 4.06. The Morgan fingerprint density at radius 1 is 1.38 bits per heavy atom. The molecule has 0 aliphatic rings. The van der Waals surface area contributed by atoms with Crippen LogP contribution in [0.5, 0.6) is 0 Å². The van der Waals surface area contributed by atoms with E-state index in [4.69, 9.17) is 4.52 Å². The Bertz CT molecular complexity index is 651. The number of aromatic nitrogens is 3. The molecule has 6 nitrogen and oxygen atoms in total. The van der Waals surface area contributed by atoms with Gasteiger partial charge in [0.15, 0.2) is 0 Å². The largest absolute Gasteiger partial charge is 0.481 e. The molecule has 21 heavy (non-hydrogen) atoms. The Balaban J connectivity index is 2.26. The predicted octanol–water partition coefficient (Wildman–Crippen LogP) is 2.73. The molecule has 6 heteroatoms. The van der Waals surface area contributed by atoms with Crippen LogP contribution in [0.4, 0.5) is 0 Å². The average molecular weight is 289 g/mol. The number of carbonyl (C=O) groups is 1. The summed E-state index contributed by atoms with van der Waals surface area (Å²) in [6.07, 6.45) is 0.193. The van der Waals surface area contributed by atoms with Gasteiger partial charge in [-0.3, -0.25) is 4.79 Å². The third kappa shape index (κ3) is 3.09. The summed E-state index contributed by atoms with van der Waals surface area (Å²) in [4.78, 5) is 20.1. The van der Waals surface area contributed by atoms with Gasteiger partial charge < -0.3 is 9.63 Å². The molecule has 2 rings (SSSR count). The van der Waals surface area contributed by atoms with E-state index in [9.17, 15) is 9.90 Å². The Labute approximate surface area is 123 Å². The fraction of sp³-hybridized carbons (Fsp3) is 0.467. The SMILES string of the molecule is Cc1cccc(-c2noc(CC(C)(C(=O)O)C(C)C)n2)n1. The highest BCUT2D eigenvalue weighted by atomic mass is 16.5. The summed E-state index contributed by atoms with van der Waals surface area (Å²) in [5.74, 6) is -0.231. The van der Waals surface area contributed by atoms with Crippen LogP contribution in [0.1, 0.15) is 32.4 Å². The molecule has 0 saturated carbocycles.